The predicted octanol–water partition coefficient (Wildman–Crippen LogP) is 0.930. The van der Waals surface area contributed by atoms with E-state index < -0.39 is 31.1 Å². The number of aliphatic carboxylic acids is 2. The monoisotopic (exact) mass is 294 g/mol. The van der Waals surface area contributed by atoms with Crippen LogP contribution in [0.3, 0.4) is 0 Å². The van der Waals surface area contributed by atoms with Gasteiger partial charge in [0.25, 0.3) is 0 Å². The number of nitrogens with zero attached hydrogens (tertiary/aromatic N) is 1. The lowest BCUT2D eigenvalue weighted by molar-refractivity contribution is -0.140. The Bertz CT molecular complexity index is 514. The first-order valence-corrected chi connectivity index (χ1v) is 6.47. The Labute approximate surface area is 122 Å². The van der Waals surface area contributed by atoms with Gasteiger partial charge in [-0.05, 0) is 17.5 Å². The maximum atomic E-state index is 11.9. The molecule has 7 heteroatoms. The van der Waals surface area contributed by atoms with Crippen molar-refractivity contribution < 1.29 is 24.6 Å². The summed E-state index contributed by atoms with van der Waals surface area (Å²) in [5, 5.41) is 19.9. The number of amides is 2. The van der Waals surface area contributed by atoms with E-state index in [1.807, 2.05) is 31.2 Å². The van der Waals surface area contributed by atoms with Crippen LogP contribution in [0.1, 0.15) is 18.1 Å². The molecule has 0 saturated carbocycles. The molecule has 0 fully saturated rings. The van der Waals surface area contributed by atoms with Crippen molar-refractivity contribution in [3.63, 3.8) is 0 Å². The molecule has 0 heterocycles. The number of carboxylic acids is 2. The molecule has 1 aromatic rings. The number of hydrogen-bond acceptors (Lipinski definition) is 3. The van der Waals surface area contributed by atoms with Gasteiger partial charge in [0.1, 0.15) is 13.1 Å². The third-order valence-electron chi connectivity index (χ3n) is 2.87. The van der Waals surface area contributed by atoms with Crippen molar-refractivity contribution in [2.75, 3.05) is 13.1 Å². The molecular formula is C14H18N2O5. The molecular weight excluding hydrogens is 276 g/mol. The number of carbonyl (C=O) groups is 3. The molecule has 1 rings (SSSR count). The fourth-order valence-electron chi connectivity index (χ4n) is 1.88. The number of aryl methyl sites for hydroxylation is 1. The van der Waals surface area contributed by atoms with E-state index in [0.29, 0.717) is 0 Å². The molecule has 0 unspecified atom stereocenters. The first kappa shape index (κ1) is 16.5. The third-order valence-corrected chi connectivity index (χ3v) is 2.87. The molecule has 0 aliphatic heterocycles. The van der Waals surface area contributed by atoms with Gasteiger partial charge in [0, 0.05) is 6.54 Å². The lowest BCUT2D eigenvalue weighted by Crippen LogP contribution is -2.45. The summed E-state index contributed by atoms with van der Waals surface area (Å²) >= 11 is 0. The Kier molecular flexibility index (Phi) is 6.19. The molecule has 3 N–H and O–H groups in total. The zero-order chi connectivity index (χ0) is 15.8. The van der Waals surface area contributed by atoms with Gasteiger partial charge in [-0.1, -0.05) is 31.2 Å². The summed E-state index contributed by atoms with van der Waals surface area (Å²) < 4.78 is 0. The molecule has 0 saturated heterocycles. The van der Waals surface area contributed by atoms with Crippen molar-refractivity contribution in [1.29, 1.82) is 0 Å². The highest BCUT2D eigenvalue weighted by Crippen LogP contribution is 2.09. The van der Waals surface area contributed by atoms with Crippen LogP contribution < -0.4 is 5.32 Å². The van der Waals surface area contributed by atoms with Gasteiger partial charge in [-0.2, -0.15) is 0 Å². The van der Waals surface area contributed by atoms with Gasteiger partial charge in [-0.15, -0.1) is 0 Å². The van der Waals surface area contributed by atoms with Gasteiger partial charge >= 0.3 is 18.0 Å². The number of rotatable bonds is 7. The average molecular weight is 294 g/mol. The van der Waals surface area contributed by atoms with Crippen molar-refractivity contribution in [3.8, 4) is 0 Å². The van der Waals surface area contributed by atoms with Crippen LogP contribution in [0.2, 0.25) is 0 Å². The highest BCUT2D eigenvalue weighted by Gasteiger charge is 2.19. The van der Waals surface area contributed by atoms with Crippen LogP contribution in [-0.4, -0.2) is 46.2 Å². The highest BCUT2D eigenvalue weighted by molar-refractivity contribution is 5.84. The summed E-state index contributed by atoms with van der Waals surface area (Å²) in [6.07, 6.45) is 0.806. The van der Waals surface area contributed by atoms with E-state index in [0.717, 1.165) is 22.4 Å². The van der Waals surface area contributed by atoms with E-state index in [9.17, 15) is 14.4 Å². The second kappa shape index (κ2) is 7.88. The molecule has 114 valence electrons. The number of carboxylic acid groups (broad SMARTS) is 2. The minimum Gasteiger partial charge on any atom is -0.480 e. The minimum atomic E-state index is -1.26. The summed E-state index contributed by atoms with van der Waals surface area (Å²) in [5.41, 5.74) is 1.99. The first-order valence-electron chi connectivity index (χ1n) is 6.47. The van der Waals surface area contributed by atoms with Crippen molar-refractivity contribution in [1.82, 2.24) is 10.2 Å². The summed E-state index contributed by atoms with van der Waals surface area (Å²) in [7, 11) is 0. The maximum Gasteiger partial charge on any atom is 0.323 e. The van der Waals surface area contributed by atoms with Crippen LogP contribution >= 0.6 is 0 Å². The van der Waals surface area contributed by atoms with Crippen LogP contribution in [0.25, 0.3) is 0 Å². The maximum absolute atomic E-state index is 11.9. The van der Waals surface area contributed by atoms with E-state index in [2.05, 4.69) is 5.32 Å². The molecule has 0 atom stereocenters. The normalized spacial score (nSPS) is 9.95. The molecule has 0 bridgehead atoms. The van der Waals surface area contributed by atoms with Crippen molar-refractivity contribution in [2.45, 2.75) is 19.9 Å². The van der Waals surface area contributed by atoms with Crippen molar-refractivity contribution >= 4 is 18.0 Å². The molecule has 1 aromatic carbocycles. The lowest BCUT2D eigenvalue weighted by atomic mass is 10.1. The molecule has 7 nitrogen and oxygen atoms in total. The SMILES string of the molecule is CCc1ccccc1CNC(=O)N(CC(=O)O)CC(=O)O. The van der Waals surface area contributed by atoms with Gasteiger partial charge in [-0.3, -0.25) is 9.59 Å². The molecule has 0 radical (unpaired) electrons. The molecule has 0 aromatic heterocycles. The Morgan fingerprint density at radius 2 is 1.57 bits per heavy atom. The van der Waals surface area contributed by atoms with Crippen molar-refractivity contribution in [2.24, 2.45) is 0 Å². The van der Waals surface area contributed by atoms with Gasteiger partial charge in [0.2, 0.25) is 0 Å². The largest absolute Gasteiger partial charge is 0.480 e. The zero-order valence-electron chi connectivity index (χ0n) is 11.7. The van der Waals surface area contributed by atoms with Crippen LogP contribution in [0.4, 0.5) is 4.79 Å². The number of hydrogen-bond donors (Lipinski definition) is 3. The van der Waals surface area contributed by atoms with E-state index in [1.165, 1.54) is 0 Å². The zero-order valence-corrected chi connectivity index (χ0v) is 11.7. The third kappa shape index (κ3) is 5.52. The van der Waals surface area contributed by atoms with E-state index in [4.69, 9.17) is 10.2 Å². The summed E-state index contributed by atoms with van der Waals surface area (Å²) in [5.74, 6) is -2.53. The van der Waals surface area contributed by atoms with Crippen LogP contribution in [0.5, 0.6) is 0 Å². The summed E-state index contributed by atoms with van der Waals surface area (Å²) in [6, 6.07) is 6.81. The molecule has 0 spiro atoms. The summed E-state index contributed by atoms with van der Waals surface area (Å²) in [4.78, 5) is 33.9. The lowest BCUT2D eigenvalue weighted by Gasteiger charge is -2.19. The smallest absolute Gasteiger partial charge is 0.323 e. The standard InChI is InChI=1S/C14H18N2O5/c1-2-10-5-3-4-6-11(10)7-15-14(21)16(8-12(17)18)9-13(19)20/h3-6H,2,7-9H2,1H3,(H,15,21)(H,17,18)(H,19,20). The molecule has 0 aliphatic carbocycles. The number of carbonyl (C=O) groups excluding carboxylic acids is 1. The topological polar surface area (TPSA) is 107 Å². The number of nitrogens with one attached hydrogen (secondary N) is 1. The Balaban J connectivity index is 2.68. The number of benzene rings is 1. The second-order valence-corrected chi connectivity index (χ2v) is 4.42. The number of urea groups is 1. The quantitative estimate of drug-likeness (QED) is 0.693. The molecule has 21 heavy (non-hydrogen) atoms. The molecule has 2 amide bonds. The van der Waals surface area contributed by atoms with E-state index in [1.54, 1.807) is 0 Å². The fraction of sp³-hybridized carbons (Fsp3) is 0.357. The Morgan fingerprint density at radius 3 is 2.05 bits per heavy atom. The Hall–Kier alpha value is -2.57. The van der Waals surface area contributed by atoms with Crippen molar-refractivity contribution in [3.05, 3.63) is 35.4 Å². The average Bonchev–Trinajstić information content (AvgIpc) is 2.43. The van der Waals surface area contributed by atoms with Crippen LogP contribution in [-0.2, 0) is 22.6 Å². The molecule has 0 aliphatic rings. The second-order valence-electron chi connectivity index (χ2n) is 4.42. The Morgan fingerprint density at radius 1 is 1.05 bits per heavy atom. The van der Waals surface area contributed by atoms with E-state index >= 15 is 0 Å². The first-order chi connectivity index (χ1) is 9.93. The van der Waals surface area contributed by atoms with Gasteiger partial charge in [-0.25, -0.2) is 4.79 Å². The fourth-order valence-corrected chi connectivity index (χ4v) is 1.88. The van der Waals surface area contributed by atoms with E-state index in [-0.39, 0.29) is 6.54 Å². The highest BCUT2D eigenvalue weighted by atomic mass is 16.4. The van der Waals surface area contributed by atoms with Gasteiger partial charge < -0.3 is 20.4 Å². The predicted molar refractivity (Wildman–Crippen MR) is 74.9 cm³/mol. The van der Waals surface area contributed by atoms with Gasteiger partial charge in [0.05, 0.1) is 0 Å². The van der Waals surface area contributed by atoms with Gasteiger partial charge in [0.15, 0.2) is 0 Å². The van der Waals surface area contributed by atoms with Crippen LogP contribution in [0.15, 0.2) is 24.3 Å². The minimum absolute atomic E-state index is 0.221. The van der Waals surface area contributed by atoms with Crippen LogP contribution in [0, 0.1) is 0 Å². The summed E-state index contributed by atoms with van der Waals surface area (Å²) in [6.45, 7) is 0.890.